The molecule has 1 N–H and O–H groups in total. The average Bonchev–Trinajstić information content (AvgIpc) is 3.36. The van der Waals surface area contributed by atoms with E-state index in [1.54, 1.807) is 25.3 Å². The highest BCUT2D eigenvalue weighted by molar-refractivity contribution is 5.95. The second-order valence-corrected chi connectivity index (χ2v) is 9.23. The van der Waals surface area contributed by atoms with Crippen molar-refractivity contribution in [1.82, 2.24) is 4.90 Å². The molecule has 0 bridgehead atoms. The van der Waals surface area contributed by atoms with Gasteiger partial charge in [0.2, 0.25) is 0 Å². The number of hydrogen-bond acceptors (Lipinski definition) is 5. The molecule has 3 rings (SSSR count). The number of benzene rings is 2. The smallest absolute Gasteiger partial charge is 0.253 e. The number of carbonyl (C=O) groups is 1. The van der Waals surface area contributed by atoms with Crippen molar-refractivity contribution < 1.29 is 23.9 Å². The fourth-order valence-electron chi connectivity index (χ4n) is 4.10. The van der Waals surface area contributed by atoms with Gasteiger partial charge in [-0.2, -0.15) is 5.26 Å². The van der Waals surface area contributed by atoms with Crippen molar-refractivity contribution in [3.63, 3.8) is 0 Å². The third-order valence-corrected chi connectivity index (χ3v) is 6.04. The van der Waals surface area contributed by atoms with E-state index in [0.29, 0.717) is 27.9 Å². The van der Waals surface area contributed by atoms with Crippen molar-refractivity contribution in [3.8, 4) is 17.6 Å². The number of amides is 1. The highest BCUT2D eigenvalue weighted by Gasteiger charge is 2.23. The molecule has 1 aliphatic heterocycles. The van der Waals surface area contributed by atoms with Crippen LogP contribution in [0.3, 0.4) is 0 Å². The summed E-state index contributed by atoms with van der Waals surface area (Å²) in [4.78, 5) is 14.4. The van der Waals surface area contributed by atoms with Gasteiger partial charge >= 0.3 is 0 Å². The predicted molar refractivity (Wildman–Crippen MR) is 126 cm³/mol. The Balaban J connectivity index is 1.51. The van der Waals surface area contributed by atoms with E-state index in [9.17, 15) is 15.2 Å². The molecule has 7 nitrogen and oxygen atoms in total. The molecule has 0 radical (unpaired) electrons. The summed E-state index contributed by atoms with van der Waals surface area (Å²) in [5.74, 6) is 1.18. The van der Waals surface area contributed by atoms with Gasteiger partial charge in [-0.3, -0.25) is 4.79 Å². The molecule has 0 aromatic heterocycles. The zero-order valence-electron chi connectivity index (χ0n) is 19.8. The van der Waals surface area contributed by atoms with E-state index in [1.807, 2.05) is 17.0 Å². The summed E-state index contributed by atoms with van der Waals surface area (Å²) in [6, 6.07) is 15.1. The Hall–Kier alpha value is -3.08. The first-order chi connectivity index (χ1) is 15.8. The molecular weight excluding hydrogens is 418 g/mol. The highest BCUT2D eigenvalue weighted by Crippen LogP contribution is 2.22. The van der Waals surface area contributed by atoms with Crippen LogP contribution in [0.1, 0.15) is 34.3 Å². The van der Waals surface area contributed by atoms with Gasteiger partial charge in [0, 0.05) is 25.1 Å². The molecule has 176 valence electrons. The van der Waals surface area contributed by atoms with Gasteiger partial charge < -0.3 is 24.0 Å². The molecular formula is C26H34N3O4+. The number of likely N-dealkylation sites (tertiary alicyclic amines) is 1. The number of nitrogens with zero attached hydrogens (tertiary/aromatic N) is 3. The van der Waals surface area contributed by atoms with Crippen LogP contribution in [0.25, 0.3) is 0 Å². The number of rotatable bonds is 10. The van der Waals surface area contributed by atoms with Crippen LogP contribution in [0.5, 0.6) is 11.5 Å². The summed E-state index contributed by atoms with van der Waals surface area (Å²) in [5.41, 5.74) is 2.02. The molecule has 0 spiro atoms. The van der Waals surface area contributed by atoms with Crippen molar-refractivity contribution in [3.05, 3.63) is 59.2 Å². The van der Waals surface area contributed by atoms with Crippen molar-refractivity contribution in [2.75, 3.05) is 54.0 Å². The SMILES string of the molecule is COc1ccc(CC[N+](C)(C)C[C@@H](O)COc2ccc(C(=O)N3CCCC3)cc2C#N)cc1. The third kappa shape index (κ3) is 6.95. The highest BCUT2D eigenvalue weighted by atomic mass is 16.5. The number of carbonyl (C=O) groups excluding carboxylic acids is 1. The number of likely N-dealkylation sites (N-methyl/N-ethyl adjacent to an activating group) is 1. The van der Waals surface area contributed by atoms with Crippen LogP contribution in [-0.4, -0.2) is 80.5 Å². The molecule has 1 heterocycles. The van der Waals surface area contributed by atoms with Gasteiger partial charge in [-0.25, -0.2) is 0 Å². The van der Waals surface area contributed by atoms with E-state index < -0.39 is 6.10 Å². The normalized spacial score (nSPS) is 14.6. The number of aliphatic hydroxyl groups excluding tert-OH is 1. The van der Waals surface area contributed by atoms with Gasteiger partial charge in [-0.05, 0) is 48.7 Å². The molecule has 7 heteroatoms. The molecule has 0 aliphatic carbocycles. The summed E-state index contributed by atoms with van der Waals surface area (Å²) < 4.78 is 11.6. The lowest BCUT2D eigenvalue weighted by molar-refractivity contribution is -0.893. The van der Waals surface area contributed by atoms with Crippen LogP contribution in [0, 0.1) is 11.3 Å². The van der Waals surface area contributed by atoms with Crippen LogP contribution in [0.15, 0.2) is 42.5 Å². The number of hydrogen-bond donors (Lipinski definition) is 1. The Morgan fingerprint density at radius 2 is 1.88 bits per heavy atom. The average molecular weight is 453 g/mol. The maximum atomic E-state index is 12.6. The van der Waals surface area contributed by atoms with E-state index in [1.165, 1.54) is 5.56 Å². The maximum absolute atomic E-state index is 12.6. The van der Waals surface area contributed by atoms with Gasteiger partial charge in [0.15, 0.2) is 0 Å². The van der Waals surface area contributed by atoms with E-state index in [-0.39, 0.29) is 12.5 Å². The van der Waals surface area contributed by atoms with Crippen molar-refractivity contribution in [1.29, 1.82) is 5.26 Å². The predicted octanol–water partition coefficient (Wildman–Crippen LogP) is 2.86. The second kappa shape index (κ2) is 11.2. The summed E-state index contributed by atoms with van der Waals surface area (Å²) in [7, 11) is 5.80. The van der Waals surface area contributed by atoms with E-state index in [4.69, 9.17) is 9.47 Å². The Morgan fingerprint density at radius 3 is 2.52 bits per heavy atom. The summed E-state index contributed by atoms with van der Waals surface area (Å²) in [5, 5.41) is 20.1. The monoisotopic (exact) mass is 452 g/mol. The fourth-order valence-corrected chi connectivity index (χ4v) is 4.10. The van der Waals surface area contributed by atoms with Gasteiger partial charge in [0.05, 0.1) is 33.3 Å². The maximum Gasteiger partial charge on any atom is 0.253 e. The largest absolute Gasteiger partial charge is 0.497 e. The van der Waals surface area contributed by atoms with Crippen molar-refractivity contribution >= 4 is 5.91 Å². The first-order valence-electron chi connectivity index (χ1n) is 11.4. The topological polar surface area (TPSA) is 82.8 Å². The van der Waals surface area contributed by atoms with Gasteiger partial charge in [0.25, 0.3) is 5.91 Å². The first kappa shape index (κ1) is 24.6. The minimum atomic E-state index is -0.687. The Kier molecular flexibility index (Phi) is 8.32. The van der Waals surface area contributed by atoms with E-state index >= 15 is 0 Å². The fraction of sp³-hybridized carbons (Fsp3) is 0.462. The second-order valence-electron chi connectivity index (χ2n) is 9.23. The molecule has 0 saturated carbocycles. The van der Waals surface area contributed by atoms with Crippen molar-refractivity contribution in [2.24, 2.45) is 0 Å². The molecule has 2 aromatic rings. The Bertz CT molecular complexity index is 976. The minimum absolute atomic E-state index is 0.0495. The number of quaternary nitrogens is 1. The van der Waals surface area contributed by atoms with Gasteiger partial charge in [-0.15, -0.1) is 0 Å². The van der Waals surface area contributed by atoms with Crippen LogP contribution in [0.2, 0.25) is 0 Å². The lowest BCUT2D eigenvalue weighted by Crippen LogP contribution is -2.48. The van der Waals surface area contributed by atoms with Gasteiger partial charge in [-0.1, -0.05) is 12.1 Å². The summed E-state index contributed by atoms with van der Waals surface area (Å²) in [6.45, 7) is 2.98. The molecule has 2 aromatic carbocycles. The first-order valence-corrected chi connectivity index (χ1v) is 11.4. The molecule has 33 heavy (non-hydrogen) atoms. The van der Waals surface area contributed by atoms with Crippen LogP contribution in [0.4, 0.5) is 0 Å². The molecule has 1 saturated heterocycles. The lowest BCUT2D eigenvalue weighted by atomic mass is 10.1. The molecule has 1 fully saturated rings. The Labute approximate surface area is 196 Å². The van der Waals surface area contributed by atoms with Crippen molar-refractivity contribution in [2.45, 2.75) is 25.4 Å². The number of ether oxygens (including phenoxy) is 2. The minimum Gasteiger partial charge on any atom is -0.497 e. The number of methoxy groups -OCH3 is 1. The number of nitriles is 1. The van der Waals surface area contributed by atoms with Gasteiger partial charge in [0.1, 0.15) is 36.8 Å². The Morgan fingerprint density at radius 1 is 1.18 bits per heavy atom. The quantitative estimate of drug-likeness (QED) is 0.561. The van der Waals surface area contributed by atoms with Crippen LogP contribution in [-0.2, 0) is 6.42 Å². The summed E-state index contributed by atoms with van der Waals surface area (Å²) in [6.07, 6.45) is 2.24. The van der Waals surface area contributed by atoms with Crippen LogP contribution >= 0.6 is 0 Å². The lowest BCUT2D eigenvalue weighted by Gasteiger charge is -2.32. The molecule has 1 atom stereocenters. The molecule has 1 aliphatic rings. The number of aliphatic hydroxyl groups is 1. The van der Waals surface area contributed by atoms with E-state index in [0.717, 1.165) is 44.6 Å². The summed E-state index contributed by atoms with van der Waals surface area (Å²) >= 11 is 0. The zero-order chi connectivity index (χ0) is 23.8. The third-order valence-electron chi connectivity index (χ3n) is 6.04. The zero-order valence-corrected chi connectivity index (χ0v) is 19.8. The standard InChI is InChI=1S/C26H34N3O4/c1-29(2,15-12-20-6-9-24(32-3)10-7-20)18-23(30)19-33-25-11-8-21(16-22(25)17-27)26(31)28-13-4-5-14-28/h6-11,16,23,30H,4-5,12-15,18-19H2,1-3H3/q+1/t23-/m1/s1. The molecule has 1 amide bonds. The van der Waals surface area contributed by atoms with Crippen LogP contribution < -0.4 is 9.47 Å². The molecule has 0 unspecified atom stereocenters. The van der Waals surface area contributed by atoms with E-state index in [2.05, 4.69) is 32.3 Å².